The fourth-order valence-electron chi connectivity index (χ4n) is 4.74. The van der Waals surface area contributed by atoms with Crippen molar-refractivity contribution in [3.05, 3.63) is 0 Å². The molecular formula is C18H34N2O. The van der Waals surface area contributed by atoms with Crippen molar-refractivity contribution in [3.63, 3.8) is 0 Å². The van der Waals surface area contributed by atoms with Gasteiger partial charge in [0, 0.05) is 19.1 Å². The van der Waals surface area contributed by atoms with Crippen LogP contribution < -0.4 is 0 Å². The average Bonchev–Trinajstić information content (AvgIpc) is 2.77. The summed E-state index contributed by atoms with van der Waals surface area (Å²) in [6, 6.07) is 0.436. The van der Waals surface area contributed by atoms with E-state index in [1.807, 2.05) is 0 Å². The number of nitrogens with zero attached hydrogens (tertiary/aromatic N) is 2. The highest BCUT2D eigenvalue weighted by Crippen LogP contribution is 2.27. The maximum Gasteiger partial charge on any atom is 0.0822 e. The van der Waals surface area contributed by atoms with Crippen LogP contribution in [0.1, 0.15) is 64.2 Å². The molecule has 3 fully saturated rings. The average molecular weight is 294 g/mol. The second-order valence-electron chi connectivity index (χ2n) is 7.64. The predicted octanol–water partition coefficient (Wildman–Crippen LogP) is 2.88. The van der Waals surface area contributed by atoms with Gasteiger partial charge in [-0.25, -0.2) is 0 Å². The first kappa shape index (κ1) is 15.8. The molecule has 122 valence electrons. The van der Waals surface area contributed by atoms with Crippen molar-refractivity contribution in [3.8, 4) is 0 Å². The summed E-state index contributed by atoms with van der Waals surface area (Å²) < 4.78 is 0. The number of rotatable bonds is 3. The van der Waals surface area contributed by atoms with Gasteiger partial charge in [0.1, 0.15) is 0 Å². The van der Waals surface area contributed by atoms with Gasteiger partial charge in [-0.15, -0.1) is 0 Å². The lowest BCUT2D eigenvalue weighted by Crippen LogP contribution is -2.55. The van der Waals surface area contributed by atoms with Crippen molar-refractivity contribution >= 4 is 0 Å². The van der Waals surface area contributed by atoms with Crippen molar-refractivity contribution in [2.24, 2.45) is 5.92 Å². The van der Waals surface area contributed by atoms with Crippen molar-refractivity contribution in [1.82, 2.24) is 9.80 Å². The largest absolute Gasteiger partial charge is 0.390 e. The zero-order valence-electron chi connectivity index (χ0n) is 13.7. The Balaban J connectivity index is 1.46. The van der Waals surface area contributed by atoms with Crippen molar-refractivity contribution in [2.45, 2.75) is 76.4 Å². The van der Waals surface area contributed by atoms with E-state index >= 15 is 0 Å². The molecule has 2 aliphatic heterocycles. The Morgan fingerprint density at radius 3 is 2.10 bits per heavy atom. The molecule has 0 aromatic rings. The number of aliphatic hydroxyl groups is 1. The lowest BCUT2D eigenvalue weighted by molar-refractivity contribution is -0.0173. The monoisotopic (exact) mass is 294 g/mol. The lowest BCUT2D eigenvalue weighted by Gasteiger charge is -2.42. The molecule has 0 unspecified atom stereocenters. The third-order valence-corrected chi connectivity index (χ3v) is 5.98. The van der Waals surface area contributed by atoms with Crippen molar-refractivity contribution < 1.29 is 5.11 Å². The topological polar surface area (TPSA) is 26.7 Å². The summed E-state index contributed by atoms with van der Waals surface area (Å²) >= 11 is 0. The fourth-order valence-corrected chi connectivity index (χ4v) is 4.74. The molecule has 1 saturated carbocycles. The third kappa shape index (κ3) is 4.43. The summed E-state index contributed by atoms with van der Waals surface area (Å²) in [4.78, 5) is 5.14. The predicted molar refractivity (Wildman–Crippen MR) is 87.5 cm³/mol. The molecule has 0 bridgehead atoms. The van der Waals surface area contributed by atoms with Gasteiger partial charge in [-0.1, -0.05) is 32.1 Å². The standard InChI is InChI=1S/C18H34N2O/c21-18-15-19(14-16-8-4-3-5-9-16)13-10-17(18)20-11-6-1-2-7-12-20/h16-18,21H,1-15H2/t17-,18-/m1/s1. The van der Waals surface area contributed by atoms with Crippen LogP contribution in [0.2, 0.25) is 0 Å². The highest BCUT2D eigenvalue weighted by Gasteiger charge is 2.32. The van der Waals surface area contributed by atoms with E-state index in [0.29, 0.717) is 6.04 Å². The number of β-amino-alcohol motifs (C(OH)–C–C–N with tert-alkyl or cyclic N) is 1. The summed E-state index contributed by atoms with van der Waals surface area (Å²) in [5.74, 6) is 0.903. The molecule has 1 aliphatic carbocycles. The van der Waals surface area contributed by atoms with Gasteiger partial charge < -0.3 is 10.0 Å². The molecule has 0 aromatic carbocycles. The summed E-state index contributed by atoms with van der Waals surface area (Å²) in [5.41, 5.74) is 0. The zero-order valence-corrected chi connectivity index (χ0v) is 13.7. The number of likely N-dealkylation sites (tertiary alicyclic amines) is 2. The van der Waals surface area contributed by atoms with E-state index in [1.54, 1.807) is 0 Å². The van der Waals surface area contributed by atoms with E-state index in [0.717, 1.165) is 12.5 Å². The Labute approximate surface area is 130 Å². The van der Waals surface area contributed by atoms with E-state index in [2.05, 4.69) is 9.80 Å². The van der Waals surface area contributed by atoms with E-state index in [1.165, 1.54) is 90.4 Å². The van der Waals surface area contributed by atoms with E-state index in [9.17, 15) is 5.11 Å². The third-order valence-electron chi connectivity index (χ3n) is 5.98. The van der Waals surface area contributed by atoms with Crippen LogP contribution in [-0.4, -0.2) is 59.8 Å². The van der Waals surface area contributed by atoms with Gasteiger partial charge >= 0.3 is 0 Å². The molecule has 21 heavy (non-hydrogen) atoms. The highest BCUT2D eigenvalue weighted by atomic mass is 16.3. The molecule has 0 amide bonds. The van der Waals surface area contributed by atoms with E-state index < -0.39 is 0 Å². The second-order valence-corrected chi connectivity index (χ2v) is 7.64. The lowest BCUT2D eigenvalue weighted by atomic mass is 9.88. The SMILES string of the molecule is O[C@@H]1CN(CC2CCCCC2)CC[C@H]1N1CCCCCC1. The maximum atomic E-state index is 10.6. The molecule has 3 nitrogen and oxygen atoms in total. The first-order valence-electron chi connectivity index (χ1n) is 9.47. The Morgan fingerprint density at radius 2 is 1.43 bits per heavy atom. The van der Waals surface area contributed by atoms with Crippen molar-refractivity contribution in [1.29, 1.82) is 0 Å². The minimum atomic E-state index is -0.125. The molecule has 0 radical (unpaired) electrons. The van der Waals surface area contributed by atoms with Gasteiger partial charge in [0.2, 0.25) is 0 Å². The van der Waals surface area contributed by atoms with Gasteiger partial charge in [0.15, 0.2) is 0 Å². The normalized spacial score (nSPS) is 34.7. The fraction of sp³-hybridized carbons (Fsp3) is 1.00. The van der Waals surface area contributed by atoms with Gasteiger partial charge in [-0.05, 0) is 57.7 Å². The zero-order chi connectivity index (χ0) is 14.5. The number of hydrogen-bond acceptors (Lipinski definition) is 3. The molecule has 2 saturated heterocycles. The van der Waals surface area contributed by atoms with Crippen LogP contribution in [0.3, 0.4) is 0 Å². The van der Waals surface area contributed by atoms with E-state index in [4.69, 9.17) is 0 Å². The van der Waals surface area contributed by atoms with Crippen LogP contribution in [0.25, 0.3) is 0 Å². The molecule has 3 heteroatoms. The molecule has 2 atom stereocenters. The number of aliphatic hydroxyl groups excluding tert-OH is 1. The maximum absolute atomic E-state index is 10.6. The number of piperidine rings is 1. The second kappa shape index (κ2) is 7.94. The molecule has 0 aromatic heterocycles. The molecule has 2 heterocycles. The minimum Gasteiger partial charge on any atom is -0.390 e. The summed E-state index contributed by atoms with van der Waals surface area (Å²) in [5, 5.41) is 10.6. The number of hydrogen-bond donors (Lipinski definition) is 1. The van der Waals surface area contributed by atoms with Gasteiger partial charge in [0.25, 0.3) is 0 Å². The molecular weight excluding hydrogens is 260 g/mol. The molecule has 3 aliphatic rings. The van der Waals surface area contributed by atoms with Gasteiger partial charge in [-0.2, -0.15) is 0 Å². The van der Waals surface area contributed by atoms with Gasteiger partial charge in [-0.3, -0.25) is 4.90 Å². The van der Waals surface area contributed by atoms with Crippen LogP contribution in [0.15, 0.2) is 0 Å². The van der Waals surface area contributed by atoms with Crippen LogP contribution in [-0.2, 0) is 0 Å². The Morgan fingerprint density at radius 1 is 0.762 bits per heavy atom. The molecule has 1 N–H and O–H groups in total. The minimum absolute atomic E-state index is 0.125. The Kier molecular flexibility index (Phi) is 5.96. The van der Waals surface area contributed by atoms with Crippen LogP contribution in [0.4, 0.5) is 0 Å². The van der Waals surface area contributed by atoms with Crippen molar-refractivity contribution in [2.75, 3.05) is 32.7 Å². The smallest absolute Gasteiger partial charge is 0.0822 e. The van der Waals surface area contributed by atoms with Crippen LogP contribution in [0.5, 0.6) is 0 Å². The Hall–Kier alpha value is -0.120. The molecule has 0 spiro atoms. The first-order chi connectivity index (χ1) is 10.3. The summed E-state index contributed by atoms with van der Waals surface area (Å²) in [6.45, 7) is 5.78. The van der Waals surface area contributed by atoms with Crippen LogP contribution >= 0.6 is 0 Å². The van der Waals surface area contributed by atoms with E-state index in [-0.39, 0.29) is 6.10 Å². The molecule has 3 rings (SSSR count). The first-order valence-corrected chi connectivity index (χ1v) is 9.47. The quantitative estimate of drug-likeness (QED) is 0.867. The van der Waals surface area contributed by atoms with Crippen LogP contribution in [0, 0.1) is 5.92 Å². The summed E-state index contributed by atoms with van der Waals surface area (Å²) in [7, 11) is 0. The van der Waals surface area contributed by atoms with Gasteiger partial charge in [0.05, 0.1) is 6.10 Å². The Bertz CT molecular complexity index is 296. The summed E-state index contributed by atoms with van der Waals surface area (Å²) in [6.07, 6.45) is 13.6. The highest BCUT2D eigenvalue weighted by molar-refractivity contribution is 4.88.